The normalized spacial score (nSPS) is 25.1. The van der Waals surface area contributed by atoms with Crippen molar-refractivity contribution in [3.05, 3.63) is 52.6 Å². The second kappa shape index (κ2) is 5.95. The number of rotatable bonds is 2. The summed E-state index contributed by atoms with van der Waals surface area (Å²) in [6.07, 6.45) is 8.54. The molecule has 2 aliphatic rings. The molecule has 0 spiro atoms. The van der Waals surface area contributed by atoms with Crippen LogP contribution >= 0.6 is 0 Å². The predicted octanol–water partition coefficient (Wildman–Crippen LogP) is 3.33. The molecule has 0 amide bonds. The molecule has 6 rings (SSSR count). The molecule has 7 heteroatoms. The van der Waals surface area contributed by atoms with Gasteiger partial charge in [0, 0.05) is 47.0 Å². The average molecular weight is 415 g/mol. The second-order valence-electron chi connectivity index (χ2n) is 9.52. The van der Waals surface area contributed by atoms with Gasteiger partial charge in [0.15, 0.2) is 0 Å². The first-order valence-corrected chi connectivity index (χ1v) is 10.8. The lowest BCUT2D eigenvalue weighted by Gasteiger charge is -2.29. The minimum atomic E-state index is -0.153. The number of nitrogens with zero attached hydrogens (tertiary/aromatic N) is 4. The summed E-state index contributed by atoms with van der Waals surface area (Å²) in [4.78, 5) is 18.1. The minimum Gasteiger partial charge on any atom is -0.507 e. The van der Waals surface area contributed by atoms with Crippen molar-refractivity contribution >= 4 is 21.8 Å². The van der Waals surface area contributed by atoms with Gasteiger partial charge >= 0.3 is 0 Å². The molecule has 4 aromatic rings. The van der Waals surface area contributed by atoms with E-state index in [1.54, 1.807) is 4.68 Å². The number of aromatic hydroxyl groups is 1. The summed E-state index contributed by atoms with van der Waals surface area (Å²) in [6.45, 7) is 1.86. The van der Waals surface area contributed by atoms with Gasteiger partial charge in [-0.1, -0.05) is 0 Å². The van der Waals surface area contributed by atoms with Crippen molar-refractivity contribution in [1.82, 2.24) is 19.3 Å². The monoisotopic (exact) mass is 415 g/mol. The van der Waals surface area contributed by atoms with Crippen LogP contribution in [0.5, 0.6) is 5.75 Å². The molecule has 158 valence electrons. The van der Waals surface area contributed by atoms with E-state index in [0.717, 1.165) is 48.6 Å². The number of phenolic OH excluding ortho intramolecular Hbond substituents is 1. The van der Waals surface area contributed by atoms with Crippen LogP contribution in [0, 0.1) is 6.92 Å². The number of fused-ring (bicyclic) bond motifs is 4. The van der Waals surface area contributed by atoms with Gasteiger partial charge in [0.1, 0.15) is 5.75 Å². The number of pyridine rings is 2. The van der Waals surface area contributed by atoms with Crippen molar-refractivity contribution in [3.63, 3.8) is 0 Å². The number of hydrogen-bond acceptors (Lipinski definition) is 5. The van der Waals surface area contributed by atoms with Gasteiger partial charge in [0.05, 0.1) is 22.1 Å². The van der Waals surface area contributed by atoms with Gasteiger partial charge in [-0.15, -0.1) is 0 Å². The number of hydrogen-bond donors (Lipinski definition) is 2. The van der Waals surface area contributed by atoms with Crippen molar-refractivity contribution in [2.75, 3.05) is 0 Å². The van der Waals surface area contributed by atoms with Gasteiger partial charge in [-0.25, -0.2) is 4.98 Å². The smallest absolute Gasteiger partial charge is 0.260 e. The third-order valence-electron chi connectivity index (χ3n) is 7.52. The Kier molecular flexibility index (Phi) is 3.56. The molecule has 0 radical (unpaired) electrons. The van der Waals surface area contributed by atoms with Crippen LogP contribution in [-0.2, 0) is 12.6 Å². The van der Waals surface area contributed by atoms with E-state index in [1.165, 1.54) is 0 Å². The fourth-order valence-electron chi connectivity index (χ4n) is 5.83. The Morgan fingerprint density at radius 2 is 1.94 bits per heavy atom. The lowest BCUT2D eigenvalue weighted by molar-refractivity contribution is 0.283. The van der Waals surface area contributed by atoms with Crippen LogP contribution < -0.4 is 11.3 Å². The Balaban J connectivity index is 1.49. The minimum absolute atomic E-state index is 0.00851. The molecule has 2 fully saturated rings. The van der Waals surface area contributed by atoms with Gasteiger partial charge < -0.3 is 15.4 Å². The topological polar surface area (TPSA) is 99.0 Å². The van der Waals surface area contributed by atoms with Gasteiger partial charge in [0.2, 0.25) is 0 Å². The Hall–Kier alpha value is -3.19. The van der Waals surface area contributed by atoms with Crippen LogP contribution in [0.4, 0.5) is 0 Å². The summed E-state index contributed by atoms with van der Waals surface area (Å²) in [6, 6.07) is 7.46. The number of aromatic nitrogens is 4. The van der Waals surface area contributed by atoms with E-state index in [4.69, 9.17) is 10.7 Å². The number of aryl methyl sites for hydroxylation is 2. The van der Waals surface area contributed by atoms with Crippen molar-refractivity contribution < 1.29 is 5.11 Å². The van der Waals surface area contributed by atoms with Crippen molar-refractivity contribution in [2.45, 2.75) is 50.1 Å². The summed E-state index contributed by atoms with van der Waals surface area (Å²) in [5.74, 6) is 0.168. The van der Waals surface area contributed by atoms with E-state index in [9.17, 15) is 9.90 Å². The molecule has 0 aliphatic heterocycles. The van der Waals surface area contributed by atoms with Crippen LogP contribution in [0.25, 0.3) is 33.1 Å². The third-order valence-corrected chi connectivity index (χ3v) is 7.52. The zero-order valence-electron chi connectivity index (χ0n) is 17.7. The standard InChI is InChI=1S/C24H25N5O2/c1-14-20-15(12-28(2)27-20)11-17(21(14)30)18-4-3-16-19(26-18)5-10-29(22(16)31)24-8-6-23(25,13-24)7-9-24/h3-5,10-12,30H,6-9,13,25H2,1-2H3. The highest BCUT2D eigenvalue weighted by Gasteiger charge is 2.53. The highest BCUT2D eigenvalue weighted by Crippen LogP contribution is 2.53. The van der Waals surface area contributed by atoms with Crippen molar-refractivity contribution in [2.24, 2.45) is 12.8 Å². The van der Waals surface area contributed by atoms with E-state index < -0.39 is 0 Å². The van der Waals surface area contributed by atoms with Crippen LogP contribution in [-0.4, -0.2) is 30.0 Å². The summed E-state index contributed by atoms with van der Waals surface area (Å²) in [7, 11) is 1.86. The van der Waals surface area contributed by atoms with Crippen molar-refractivity contribution in [3.8, 4) is 17.0 Å². The first-order chi connectivity index (χ1) is 14.8. The zero-order chi connectivity index (χ0) is 21.5. The van der Waals surface area contributed by atoms with Gasteiger partial charge in [-0.05, 0) is 63.3 Å². The molecule has 2 aliphatic carbocycles. The third kappa shape index (κ3) is 2.53. The molecule has 1 aromatic carbocycles. The van der Waals surface area contributed by atoms with Crippen LogP contribution in [0.15, 0.2) is 41.5 Å². The highest BCUT2D eigenvalue weighted by molar-refractivity contribution is 5.91. The van der Waals surface area contributed by atoms with Gasteiger partial charge in [-0.3, -0.25) is 9.48 Å². The molecule has 3 heterocycles. The molecule has 31 heavy (non-hydrogen) atoms. The molecular weight excluding hydrogens is 390 g/mol. The molecular formula is C24H25N5O2. The predicted molar refractivity (Wildman–Crippen MR) is 120 cm³/mol. The summed E-state index contributed by atoms with van der Waals surface area (Å²) >= 11 is 0. The SMILES string of the molecule is Cc1c(O)c(-c2ccc3c(=O)n(C45CCC(N)(CC4)C5)ccc3n2)cc2cn(C)nc12. The van der Waals surface area contributed by atoms with E-state index in [-0.39, 0.29) is 22.4 Å². The molecule has 2 bridgehead atoms. The number of nitrogens with two attached hydrogens (primary N) is 1. The molecule has 0 unspecified atom stereocenters. The maximum Gasteiger partial charge on any atom is 0.260 e. The van der Waals surface area contributed by atoms with Crippen LogP contribution in [0.3, 0.4) is 0 Å². The highest BCUT2D eigenvalue weighted by atomic mass is 16.3. The Morgan fingerprint density at radius 3 is 2.65 bits per heavy atom. The zero-order valence-corrected chi connectivity index (χ0v) is 17.7. The maximum absolute atomic E-state index is 13.4. The van der Waals surface area contributed by atoms with Gasteiger partial charge in [-0.2, -0.15) is 5.10 Å². The first kappa shape index (κ1) is 18.6. The lowest BCUT2D eigenvalue weighted by Crippen LogP contribution is -2.37. The van der Waals surface area contributed by atoms with E-state index >= 15 is 0 Å². The van der Waals surface area contributed by atoms with Crippen LogP contribution in [0.1, 0.15) is 37.7 Å². The quantitative estimate of drug-likeness (QED) is 0.523. The molecule has 3 aromatic heterocycles. The molecule has 7 nitrogen and oxygen atoms in total. The average Bonchev–Trinajstić information content (AvgIpc) is 3.41. The first-order valence-electron chi connectivity index (χ1n) is 10.8. The second-order valence-corrected chi connectivity index (χ2v) is 9.52. The summed E-state index contributed by atoms with van der Waals surface area (Å²) in [5.41, 5.74) is 9.61. The van der Waals surface area contributed by atoms with E-state index in [0.29, 0.717) is 22.2 Å². The molecule has 0 saturated heterocycles. The Morgan fingerprint density at radius 1 is 1.16 bits per heavy atom. The number of phenols is 1. The number of benzene rings is 1. The molecule has 2 saturated carbocycles. The summed E-state index contributed by atoms with van der Waals surface area (Å²) < 4.78 is 3.64. The van der Waals surface area contributed by atoms with Crippen molar-refractivity contribution in [1.29, 1.82) is 0 Å². The Bertz CT molecular complexity index is 1440. The van der Waals surface area contributed by atoms with Gasteiger partial charge in [0.25, 0.3) is 5.56 Å². The van der Waals surface area contributed by atoms with E-state index in [2.05, 4.69) is 5.10 Å². The van der Waals surface area contributed by atoms with Crippen LogP contribution in [0.2, 0.25) is 0 Å². The summed E-state index contributed by atoms with van der Waals surface area (Å²) in [5, 5.41) is 16.8. The Labute approximate surface area is 179 Å². The fraction of sp³-hybridized carbons (Fsp3) is 0.375. The van der Waals surface area contributed by atoms with E-state index in [1.807, 2.05) is 55.2 Å². The lowest BCUT2D eigenvalue weighted by atomic mass is 9.91. The largest absolute Gasteiger partial charge is 0.507 e. The molecule has 3 N–H and O–H groups in total. The maximum atomic E-state index is 13.4. The fourth-order valence-corrected chi connectivity index (χ4v) is 5.83. The molecule has 0 atom stereocenters.